The SMILES string of the molecule is CC(C)c1ccc(NCC2CCC(O)CC2)cc1. The molecule has 0 bridgehead atoms. The van der Waals surface area contributed by atoms with Crippen LogP contribution in [-0.2, 0) is 0 Å². The highest BCUT2D eigenvalue weighted by atomic mass is 16.3. The van der Waals surface area contributed by atoms with E-state index in [1.165, 1.54) is 11.3 Å². The summed E-state index contributed by atoms with van der Waals surface area (Å²) in [6.07, 6.45) is 4.19. The minimum Gasteiger partial charge on any atom is -0.393 e. The molecule has 0 amide bonds. The van der Waals surface area contributed by atoms with Crippen LogP contribution in [0.15, 0.2) is 24.3 Å². The van der Waals surface area contributed by atoms with E-state index in [-0.39, 0.29) is 6.10 Å². The molecular formula is C16H25NO. The summed E-state index contributed by atoms with van der Waals surface area (Å²) in [5, 5.41) is 13.0. The van der Waals surface area contributed by atoms with Crippen LogP contribution in [0.2, 0.25) is 0 Å². The zero-order chi connectivity index (χ0) is 13.0. The summed E-state index contributed by atoms with van der Waals surface area (Å²) < 4.78 is 0. The predicted octanol–water partition coefficient (Wildman–Crippen LogP) is 3.77. The largest absolute Gasteiger partial charge is 0.393 e. The van der Waals surface area contributed by atoms with Crippen LogP contribution < -0.4 is 5.32 Å². The van der Waals surface area contributed by atoms with E-state index in [1.54, 1.807) is 0 Å². The van der Waals surface area contributed by atoms with Crippen molar-refractivity contribution >= 4 is 5.69 Å². The molecule has 0 heterocycles. The van der Waals surface area contributed by atoms with E-state index in [0.717, 1.165) is 38.1 Å². The molecule has 0 spiro atoms. The van der Waals surface area contributed by atoms with Gasteiger partial charge in [0.2, 0.25) is 0 Å². The van der Waals surface area contributed by atoms with E-state index < -0.39 is 0 Å². The van der Waals surface area contributed by atoms with Gasteiger partial charge in [0.15, 0.2) is 0 Å². The van der Waals surface area contributed by atoms with Crippen LogP contribution in [0.4, 0.5) is 5.69 Å². The van der Waals surface area contributed by atoms with Crippen molar-refractivity contribution in [3.8, 4) is 0 Å². The molecule has 1 aliphatic rings. The van der Waals surface area contributed by atoms with Gasteiger partial charge in [0.25, 0.3) is 0 Å². The molecule has 2 nitrogen and oxygen atoms in total. The van der Waals surface area contributed by atoms with Crippen LogP contribution >= 0.6 is 0 Å². The van der Waals surface area contributed by atoms with E-state index in [0.29, 0.717) is 5.92 Å². The normalized spacial score (nSPS) is 24.2. The average molecular weight is 247 g/mol. The van der Waals surface area contributed by atoms with Crippen LogP contribution in [0.1, 0.15) is 51.0 Å². The second-order valence-corrected chi connectivity index (χ2v) is 5.83. The van der Waals surface area contributed by atoms with Crippen LogP contribution in [0, 0.1) is 5.92 Å². The molecule has 2 heteroatoms. The third kappa shape index (κ3) is 3.74. The maximum absolute atomic E-state index is 9.47. The summed E-state index contributed by atoms with van der Waals surface area (Å²) in [7, 11) is 0. The summed E-state index contributed by atoms with van der Waals surface area (Å²) in [6.45, 7) is 5.47. The summed E-state index contributed by atoms with van der Waals surface area (Å²) in [5.41, 5.74) is 2.60. The third-order valence-corrected chi connectivity index (χ3v) is 3.99. The Bertz CT molecular complexity index is 350. The highest BCUT2D eigenvalue weighted by molar-refractivity contribution is 5.45. The lowest BCUT2D eigenvalue weighted by molar-refractivity contribution is 0.111. The maximum atomic E-state index is 9.47. The first-order valence-corrected chi connectivity index (χ1v) is 7.17. The Balaban J connectivity index is 1.79. The summed E-state index contributed by atoms with van der Waals surface area (Å²) in [6, 6.07) is 8.76. The Kier molecular flexibility index (Phi) is 4.65. The molecule has 0 saturated heterocycles. The van der Waals surface area contributed by atoms with E-state index in [1.807, 2.05) is 0 Å². The lowest BCUT2D eigenvalue weighted by Crippen LogP contribution is -2.23. The van der Waals surface area contributed by atoms with Crippen LogP contribution in [-0.4, -0.2) is 17.8 Å². The molecular weight excluding hydrogens is 222 g/mol. The molecule has 0 aliphatic heterocycles. The molecule has 1 saturated carbocycles. The van der Waals surface area contributed by atoms with Crippen LogP contribution in [0.25, 0.3) is 0 Å². The Hall–Kier alpha value is -1.02. The lowest BCUT2D eigenvalue weighted by Gasteiger charge is -2.25. The van der Waals surface area contributed by atoms with Gasteiger partial charge in [-0.1, -0.05) is 26.0 Å². The van der Waals surface area contributed by atoms with E-state index in [4.69, 9.17) is 0 Å². The minimum atomic E-state index is -0.0495. The number of anilines is 1. The second kappa shape index (κ2) is 6.24. The Morgan fingerprint density at radius 3 is 2.28 bits per heavy atom. The summed E-state index contributed by atoms with van der Waals surface area (Å²) in [5.74, 6) is 1.32. The van der Waals surface area contributed by atoms with E-state index in [2.05, 4.69) is 43.4 Å². The van der Waals surface area contributed by atoms with Crippen LogP contribution in [0.5, 0.6) is 0 Å². The first kappa shape index (κ1) is 13.4. The monoisotopic (exact) mass is 247 g/mol. The fourth-order valence-electron chi connectivity index (χ4n) is 2.60. The van der Waals surface area contributed by atoms with Gasteiger partial charge in [-0.3, -0.25) is 0 Å². The molecule has 2 rings (SSSR count). The first-order valence-electron chi connectivity index (χ1n) is 7.17. The van der Waals surface area contributed by atoms with Crippen molar-refractivity contribution in [3.63, 3.8) is 0 Å². The van der Waals surface area contributed by atoms with E-state index >= 15 is 0 Å². The zero-order valence-electron chi connectivity index (χ0n) is 11.5. The summed E-state index contributed by atoms with van der Waals surface area (Å²) >= 11 is 0. The fourth-order valence-corrected chi connectivity index (χ4v) is 2.60. The Morgan fingerprint density at radius 2 is 1.72 bits per heavy atom. The molecule has 0 unspecified atom stereocenters. The first-order chi connectivity index (χ1) is 8.65. The standard InChI is InChI=1S/C16H25NO/c1-12(2)14-5-7-15(8-6-14)17-11-13-3-9-16(18)10-4-13/h5-8,12-13,16-18H,3-4,9-11H2,1-2H3. The van der Waals surface area contributed by atoms with Gasteiger partial charge in [0.05, 0.1) is 6.10 Å². The van der Waals surface area contributed by atoms with Crippen molar-refractivity contribution in [2.45, 2.75) is 51.6 Å². The fraction of sp³-hybridized carbons (Fsp3) is 0.625. The van der Waals surface area contributed by atoms with Gasteiger partial charge < -0.3 is 10.4 Å². The van der Waals surface area contributed by atoms with Crippen molar-refractivity contribution in [2.24, 2.45) is 5.92 Å². The Labute approximate surface area is 110 Å². The minimum absolute atomic E-state index is 0.0495. The van der Waals surface area contributed by atoms with E-state index in [9.17, 15) is 5.11 Å². The zero-order valence-corrected chi connectivity index (χ0v) is 11.5. The number of nitrogens with one attached hydrogen (secondary N) is 1. The number of hydrogen-bond donors (Lipinski definition) is 2. The molecule has 0 atom stereocenters. The molecule has 1 aromatic carbocycles. The molecule has 2 N–H and O–H groups in total. The molecule has 1 fully saturated rings. The highest BCUT2D eigenvalue weighted by Crippen LogP contribution is 2.25. The number of benzene rings is 1. The second-order valence-electron chi connectivity index (χ2n) is 5.83. The maximum Gasteiger partial charge on any atom is 0.0540 e. The molecule has 0 aromatic heterocycles. The highest BCUT2D eigenvalue weighted by Gasteiger charge is 2.18. The van der Waals surface area contributed by atoms with Crippen molar-refractivity contribution in [1.29, 1.82) is 0 Å². The lowest BCUT2D eigenvalue weighted by atomic mass is 9.87. The topological polar surface area (TPSA) is 32.3 Å². The predicted molar refractivity (Wildman–Crippen MR) is 77.0 cm³/mol. The molecule has 18 heavy (non-hydrogen) atoms. The van der Waals surface area contributed by atoms with Crippen molar-refractivity contribution in [2.75, 3.05) is 11.9 Å². The van der Waals surface area contributed by atoms with Gasteiger partial charge in [0.1, 0.15) is 0 Å². The smallest absolute Gasteiger partial charge is 0.0540 e. The van der Waals surface area contributed by atoms with Crippen molar-refractivity contribution in [3.05, 3.63) is 29.8 Å². The number of aliphatic hydroxyl groups excluding tert-OH is 1. The van der Waals surface area contributed by atoms with Gasteiger partial charge in [-0.2, -0.15) is 0 Å². The number of aliphatic hydroxyl groups is 1. The van der Waals surface area contributed by atoms with Gasteiger partial charge in [-0.15, -0.1) is 0 Å². The molecule has 1 aromatic rings. The number of rotatable bonds is 4. The van der Waals surface area contributed by atoms with Crippen LogP contribution in [0.3, 0.4) is 0 Å². The third-order valence-electron chi connectivity index (χ3n) is 3.99. The van der Waals surface area contributed by atoms with Gasteiger partial charge in [-0.05, 0) is 55.2 Å². The van der Waals surface area contributed by atoms with Gasteiger partial charge >= 0.3 is 0 Å². The molecule has 1 aliphatic carbocycles. The van der Waals surface area contributed by atoms with Crippen molar-refractivity contribution in [1.82, 2.24) is 0 Å². The molecule has 100 valence electrons. The summed E-state index contributed by atoms with van der Waals surface area (Å²) in [4.78, 5) is 0. The molecule has 0 radical (unpaired) electrons. The van der Waals surface area contributed by atoms with Gasteiger partial charge in [-0.25, -0.2) is 0 Å². The van der Waals surface area contributed by atoms with Crippen molar-refractivity contribution < 1.29 is 5.11 Å². The quantitative estimate of drug-likeness (QED) is 0.848. The van der Waals surface area contributed by atoms with Gasteiger partial charge in [0, 0.05) is 12.2 Å². The number of hydrogen-bond acceptors (Lipinski definition) is 2. The average Bonchev–Trinajstić information content (AvgIpc) is 2.38. The Morgan fingerprint density at radius 1 is 1.11 bits per heavy atom.